The Morgan fingerprint density at radius 1 is 0.891 bits per heavy atom. The summed E-state index contributed by atoms with van der Waals surface area (Å²) < 4.78 is 76.6. The number of rotatable bonds is 6. The average Bonchev–Trinajstić information content (AvgIpc) is 3.18. The van der Waals surface area contributed by atoms with E-state index in [0.29, 0.717) is 65.2 Å². The maximum atomic E-state index is 14.5. The Bertz CT molecular complexity index is 2270. The number of amides is 2. The van der Waals surface area contributed by atoms with Crippen LogP contribution in [-0.4, -0.2) is 99.6 Å². The molecule has 0 aliphatic carbocycles. The molecule has 0 saturated carbocycles. The van der Waals surface area contributed by atoms with Crippen molar-refractivity contribution in [3.05, 3.63) is 81.8 Å². The second-order valence-electron chi connectivity index (χ2n) is 13.7. The highest BCUT2D eigenvalue weighted by atomic mass is 32.2. The van der Waals surface area contributed by atoms with E-state index in [-0.39, 0.29) is 62.0 Å². The van der Waals surface area contributed by atoms with Crippen molar-refractivity contribution in [1.29, 1.82) is 0 Å². The first kappa shape index (κ1) is 39.4. The average molecular weight is 783 g/mol. The summed E-state index contributed by atoms with van der Waals surface area (Å²) in [6.07, 6.45) is 3.46. The predicted molar refractivity (Wildman–Crippen MR) is 200 cm³/mol. The van der Waals surface area contributed by atoms with E-state index >= 15 is 0 Å². The van der Waals surface area contributed by atoms with Crippen molar-refractivity contribution >= 4 is 38.6 Å². The van der Waals surface area contributed by atoms with E-state index in [1.807, 2.05) is 0 Å². The minimum absolute atomic E-state index is 0.00859. The Labute approximate surface area is 317 Å². The van der Waals surface area contributed by atoms with Crippen molar-refractivity contribution in [2.45, 2.75) is 37.1 Å². The van der Waals surface area contributed by atoms with Crippen LogP contribution in [0.15, 0.2) is 58.4 Å². The highest BCUT2D eigenvalue weighted by Crippen LogP contribution is 2.44. The molecule has 1 saturated heterocycles. The standard InChI is InChI=1S/C38H44F2N6O8S/c1-43-21-25(9-12-34(43)48)38(49)45-13-5-6-15-46(55(50,51)27-10-11-29(39)30(40)17-27)22-26-16-28-31(18-32(52-2)36(54-4)35(28)53-3)42-37(26)44-14-7-8-24(20-44)19-41-33(47)23-45/h9-12,16-18,21,24H,5-8,13-15,19-20,22-23H2,1-4H3,(H,41,47). The number of benzene rings is 2. The van der Waals surface area contributed by atoms with Crippen LogP contribution < -0.4 is 30.0 Å². The van der Waals surface area contributed by atoms with Crippen LogP contribution in [0.25, 0.3) is 10.9 Å². The summed E-state index contributed by atoms with van der Waals surface area (Å²) in [6.45, 7) is 0.959. The molecule has 0 radical (unpaired) electrons. The quantitative estimate of drug-likeness (QED) is 0.307. The lowest BCUT2D eigenvalue weighted by atomic mass is 9.97. The third kappa shape index (κ3) is 8.37. The van der Waals surface area contributed by atoms with Gasteiger partial charge in [-0.25, -0.2) is 22.2 Å². The number of ether oxygens (including phenoxy) is 3. The second kappa shape index (κ2) is 16.6. The van der Waals surface area contributed by atoms with E-state index in [1.165, 1.54) is 60.5 Å². The molecule has 1 N–H and O–H groups in total. The first-order chi connectivity index (χ1) is 26.3. The summed E-state index contributed by atoms with van der Waals surface area (Å²) in [7, 11) is 1.54. The Morgan fingerprint density at radius 3 is 2.36 bits per heavy atom. The lowest BCUT2D eigenvalue weighted by Crippen LogP contribution is -2.46. The van der Waals surface area contributed by atoms with E-state index in [9.17, 15) is 31.6 Å². The van der Waals surface area contributed by atoms with Crippen molar-refractivity contribution in [3.8, 4) is 17.2 Å². The fourth-order valence-corrected chi connectivity index (χ4v) is 8.60. The largest absolute Gasteiger partial charge is 0.493 e. The van der Waals surface area contributed by atoms with Crippen LogP contribution in [0.3, 0.4) is 0 Å². The zero-order valence-electron chi connectivity index (χ0n) is 31.1. The van der Waals surface area contributed by atoms with Crippen molar-refractivity contribution in [2.75, 3.05) is 65.5 Å². The van der Waals surface area contributed by atoms with Gasteiger partial charge in [-0.3, -0.25) is 14.4 Å². The van der Waals surface area contributed by atoms with Gasteiger partial charge in [0.25, 0.3) is 5.91 Å². The van der Waals surface area contributed by atoms with Gasteiger partial charge in [-0.1, -0.05) is 0 Å². The van der Waals surface area contributed by atoms with E-state index in [2.05, 4.69) is 10.2 Å². The Morgan fingerprint density at radius 2 is 1.65 bits per heavy atom. The monoisotopic (exact) mass is 782 g/mol. The lowest BCUT2D eigenvalue weighted by molar-refractivity contribution is -0.122. The first-order valence-electron chi connectivity index (χ1n) is 17.9. The van der Waals surface area contributed by atoms with Crippen molar-refractivity contribution in [3.63, 3.8) is 0 Å². The van der Waals surface area contributed by atoms with Gasteiger partial charge in [0.1, 0.15) is 5.82 Å². The fourth-order valence-electron chi connectivity index (χ4n) is 7.13. The van der Waals surface area contributed by atoms with E-state index in [4.69, 9.17) is 19.2 Å². The molecule has 2 bridgehead atoms. The van der Waals surface area contributed by atoms with Crippen LogP contribution in [0.5, 0.6) is 17.2 Å². The number of aryl methyl sites for hydroxylation is 1. The molecule has 4 aromatic rings. The van der Waals surface area contributed by atoms with Crippen molar-refractivity contribution in [1.82, 2.24) is 24.1 Å². The number of halogens is 2. The van der Waals surface area contributed by atoms with Gasteiger partial charge >= 0.3 is 0 Å². The normalized spacial score (nSPS) is 17.7. The van der Waals surface area contributed by atoms with Crippen molar-refractivity contribution in [2.24, 2.45) is 13.0 Å². The van der Waals surface area contributed by atoms with Crippen molar-refractivity contribution < 1.29 is 41.0 Å². The zero-order chi connectivity index (χ0) is 39.4. The van der Waals surface area contributed by atoms with E-state index in [1.54, 1.807) is 12.1 Å². The lowest BCUT2D eigenvalue weighted by Gasteiger charge is -2.36. The molecule has 4 heterocycles. The zero-order valence-corrected chi connectivity index (χ0v) is 32.0. The number of hydrogen-bond donors (Lipinski definition) is 1. The van der Waals surface area contributed by atoms with Gasteiger partial charge in [-0.15, -0.1) is 0 Å². The molecule has 2 amide bonds. The van der Waals surface area contributed by atoms with Gasteiger partial charge in [0.05, 0.1) is 43.8 Å². The number of nitrogens with one attached hydrogen (secondary N) is 1. The number of hydrogen-bond acceptors (Lipinski definition) is 10. The molecule has 1 atom stereocenters. The third-order valence-electron chi connectivity index (χ3n) is 10.0. The predicted octanol–water partition coefficient (Wildman–Crippen LogP) is 3.70. The Balaban J connectivity index is 1.45. The maximum absolute atomic E-state index is 14.5. The highest BCUT2D eigenvalue weighted by Gasteiger charge is 2.31. The summed E-state index contributed by atoms with van der Waals surface area (Å²) in [5, 5.41) is 3.53. The summed E-state index contributed by atoms with van der Waals surface area (Å²) in [5.74, 6) is -1.76. The molecule has 2 aliphatic rings. The maximum Gasteiger partial charge on any atom is 0.255 e. The number of piperidine rings is 1. The van der Waals surface area contributed by atoms with Crippen LogP contribution in [0.2, 0.25) is 0 Å². The summed E-state index contributed by atoms with van der Waals surface area (Å²) in [4.78, 5) is 47.1. The number of fused-ring (bicyclic) bond motifs is 5. The molecular weight excluding hydrogens is 739 g/mol. The number of carbonyl (C=O) groups is 2. The fraction of sp³-hybridized carbons (Fsp3) is 0.421. The third-order valence-corrected chi connectivity index (χ3v) is 11.8. The minimum Gasteiger partial charge on any atom is -0.493 e. The van der Waals surface area contributed by atoms with Crippen LogP contribution in [-0.2, 0) is 28.4 Å². The summed E-state index contributed by atoms with van der Waals surface area (Å²) >= 11 is 0. The second-order valence-corrected chi connectivity index (χ2v) is 15.6. The SMILES string of the molecule is COc1cc2nc3c(cc2c(OC)c1OC)CN(S(=O)(=O)c1ccc(F)c(F)c1)CCCCN(C(=O)c1ccc(=O)n(C)c1)CC(=O)NCC1CCCN3C1. The van der Waals surface area contributed by atoms with E-state index in [0.717, 1.165) is 25.0 Å². The Hall–Kier alpha value is -5.29. The van der Waals surface area contributed by atoms with Gasteiger partial charge < -0.3 is 33.9 Å². The van der Waals surface area contributed by atoms with Crippen LogP contribution in [0, 0.1) is 17.6 Å². The number of pyridine rings is 2. The van der Waals surface area contributed by atoms with Gasteiger partial charge in [0.15, 0.2) is 23.1 Å². The molecule has 1 fully saturated rings. The minimum atomic E-state index is -4.44. The molecule has 55 heavy (non-hydrogen) atoms. The number of methoxy groups -OCH3 is 3. The first-order valence-corrected chi connectivity index (χ1v) is 19.3. The number of aromatic nitrogens is 2. The van der Waals surface area contributed by atoms with Crippen LogP contribution >= 0.6 is 0 Å². The summed E-state index contributed by atoms with van der Waals surface area (Å²) in [5.41, 5.74) is 0.952. The number of nitrogens with zero attached hydrogens (tertiary/aromatic N) is 5. The van der Waals surface area contributed by atoms with Gasteiger partial charge in [-0.2, -0.15) is 4.31 Å². The molecule has 14 nitrogen and oxygen atoms in total. The molecule has 2 aromatic carbocycles. The van der Waals surface area contributed by atoms with Gasteiger partial charge in [0, 0.05) is 75.6 Å². The molecule has 1 unspecified atom stereocenters. The molecule has 294 valence electrons. The van der Waals surface area contributed by atoms with Gasteiger partial charge in [-0.05, 0) is 61.9 Å². The highest BCUT2D eigenvalue weighted by molar-refractivity contribution is 7.89. The van der Waals surface area contributed by atoms with Crippen LogP contribution in [0.4, 0.5) is 14.6 Å². The molecule has 2 aromatic heterocycles. The molecule has 2 aliphatic heterocycles. The smallest absolute Gasteiger partial charge is 0.255 e. The number of sulfonamides is 1. The molecular formula is C38H44F2N6O8S. The molecule has 6 rings (SSSR count). The number of anilines is 1. The summed E-state index contributed by atoms with van der Waals surface area (Å²) in [6, 6.07) is 8.65. The van der Waals surface area contributed by atoms with Gasteiger partial charge in [0.2, 0.25) is 27.2 Å². The van der Waals surface area contributed by atoms with E-state index < -0.39 is 32.5 Å². The van der Waals surface area contributed by atoms with Crippen LogP contribution in [0.1, 0.15) is 41.6 Å². The Kier molecular flexibility index (Phi) is 11.9. The molecule has 0 spiro atoms. The molecule has 17 heteroatoms. The topological polar surface area (TPSA) is 153 Å². The number of carbonyl (C=O) groups excluding carboxylic acids is 2.